The summed E-state index contributed by atoms with van der Waals surface area (Å²) in [5, 5.41) is 14.0. The molecular weight excluding hydrogens is 451 g/mol. The van der Waals surface area contributed by atoms with Crippen LogP contribution in [-0.4, -0.2) is 23.1 Å². The first kappa shape index (κ1) is 27.3. The number of carbonyl (C=O) groups is 1. The molecule has 0 aliphatic carbocycles. The lowest BCUT2D eigenvalue weighted by Gasteiger charge is -2.28. The third kappa shape index (κ3) is 6.87. The fraction of sp³-hybridized carbons (Fsp3) is 0.387. The molecular formula is C31H39FN2O2. The molecule has 0 unspecified atom stereocenters. The molecule has 2 amide bonds. The van der Waals surface area contributed by atoms with Crippen molar-refractivity contribution in [2.45, 2.75) is 71.8 Å². The Kier molecular flexibility index (Phi) is 8.12. The van der Waals surface area contributed by atoms with Crippen molar-refractivity contribution in [3.05, 3.63) is 94.3 Å². The molecule has 36 heavy (non-hydrogen) atoms. The third-order valence-electron chi connectivity index (χ3n) is 6.41. The first-order valence-electron chi connectivity index (χ1n) is 12.5. The van der Waals surface area contributed by atoms with Gasteiger partial charge >= 0.3 is 6.03 Å². The van der Waals surface area contributed by atoms with Gasteiger partial charge in [0.25, 0.3) is 0 Å². The number of aromatic hydroxyl groups is 1. The van der Waals surface area contributed by atoms with Crippen LogP contribution in [0.4, 0.5) is 14.9 Å². The lowest BCUT2D eigenvalue weighted by molar-refractivity contribution is 0.220. The van der Waals surface area contributed by atoms with E-state index in [-0.39, 0.29) is 22.7 Å². The van der Waals surface area contributed by atoms with Crippen LogP contribution in [-0.2, 0) is 30.2 Å². The fourth-order valence-electron chi connectivity index (χ4n) is 4.27. The van der Waals surface area contributed by atoms with Gasteiger partial charge in [0.15, 0.2) is 0 Å². The summed E-state index contributed by atoms with van der Waals surface area (Å²) in [4.78, 5) is 14.4. The zero-order chi connectivity index (χ0) is 26.7. The maximum Gasteiger partial charge on any atom is 0.321 e. The van der Waals surface area contributed by atoms with Crippen LogP contribution in [0.15, 0.2) is 60.7 Å². The van der Waals surface area contributed by atoms with Crippen LogP contribution in [0.25, 0.3) is 0 Å². The highest BCUT2D eigenvalue weighted by Gasteiger charge is 2.26. The van der Waals surface area contributed by atoms with Crippen molar-refractivity contribution in [3.63, 3.8) is 0 Å². The van der Waals surface area contributed by atoms with Gasteiger partial charge in [0.2, 0.25) is 0 Å². The molecule has 5 heteroatoms. The van der Waals surface area contributed by atoms with Crippen molar-refractivity contribution in [2.75, 3.05) is 12.4 Å². The number of urea groups is 1. The number of nitrogens with zero attached hydrogens (tertiary/aromatic N) is 1. The first-order chi connectivity index (χ1) is 16.8. The monoisotopic (exact) mass is 490 g/mol. The minimum atomic E-state index is -0.294. The number of para-hydroxylation sites is 1. The zero-order valence-electron chi connectivity index (χ0n) is 22.6. The smallest absolute Gasteiger partial charge is 0.321 e. The van der Waals surface area contributed by atoms with E-state index >= 15 is 0 Å². The van der Waals surface area contributed by atoms with E-state index in [0.717, 1.165) is 46.3 Å². The number of nitrogens with one attached hydrogen (secondary N) is 1. The molecule has 0 aliphatic rings. The summed E-state index contributed by atoms with van der Waals surface area (Å²) in [5.74, 6) is 0.0910. The molecule has 0 bridgehead atoms. The molecule has 0 radical (unpaired) electrons. The summed E-state index contributed by atoms with van der Waals surface area (Å²) in [7, 11) is 1.72. The van der Waals surface area contributed by atoms with Crippen LogP contribution in [0.2, 0.25) is 0 Å². The van der Waals surface area contributed by atoms with Gasteiger partial charge in [-0.3, -0.25) is 0 Å². The lowest BCUT2D eigenvalue weighted by atomic mass is 9.78. The molecule has 0 heterocycles. The van der Waals surface area contributed by atoms with Gasteiger partial charge in [-0.2, -0.15) is 0 Å². The molecule has 0 spiro atoms. The summed E-state index contributed by atoms with van der Waals surface area (Å²) < 4.78 is 13.2. The molecule has 0 saturated heterocycles. The fourth-order valence-corrected chi connectivity index (χ4v) is 4.27. The average molecular weight is 491 g/mol. The maximum atomic E-state index is 13.2. The SMILES string of the molecule is CN(Cc1ccc(F)cc1)C(=O)Nc1ccccc1CCc1cc(C(C)(C)C)c(O)c(C(C)(C)C)c1. The molecule has 3 aromatic rings. The minimum Gasteiger partial charge on any atom is -0.507 e. The number of halogens is 1. The van der Waals surface area contributed by atoms with Gasteiger partial charge in [-0.15, -0.1) is 0 Å². The van der Waals surface area contributed by atoms with E-state index in [9.17, 15) is 14.3 Å². The van der Waals surface area contributed by atoms with Crippen LogP contribution >= 0.6 is 0 Å². The topological polar surface area (TPSA) is 52.6 Å². The normalized spacial score (nSPS) is 11.9. The van der Waals surface area contributed by atoms with Gasteiger partial charge in [0.1, 0.15) is 11.6 Å². The number of phenolic OH excluding ortho intramolecular Hbond substituents is 1. The van der Waals surface area contributed by atoms with Crippen molar-refractivity contribution in [2.24, 2.45) is 0 Å². The Balaban J connectivity index is 1.77. The Labute approximate surface area is 215 Å². The van der Waals surface area contributed by atoms with E-state index in [2.05, 4.69) is 59.0 Å². The maximum absolute atomic E-state index is 13.2. The van der Waals surface area contributed by atoms with Crippen molar-refractivity contribution >= 4 is 11.7 Å². The molecule has 4 nitrogen and oxygen atoms in total. The molecule has 0 aromatic heterocycles. The molecule has 0 aliphatic heterocycles. The number of phenols is 1. The Morgan fingerprint density at radius 1 is 0.861 bits per heavy atom. The lowest BCUT2D eigenvalue weighted by Crippen LogP contribution is -2.31. The summed E-state index contributed by atoms with van der Waals surface area (Å²) in [6.07, 6.45) is 1.53. The Morgan fingerprint density at radius 2 is 1.42 bits per heavy atom. The van der Waals surface area contributed by atoms with Crippen LogP contribution < -0.4 is 5.32 Å². The summed E-state index contributed by atoms with van der Waals surface area (Å²) in [6, 6.07) is 18.0. The molecule has 0 saturated carbocycles. The van der Waals surface area contributed by atoms with Crippen molar-refractivity contribution in [1.82, 2.24) is 4.90 Å². The average Bonchev–Trinajstić information content (AvgIpc) is 2.79. The predicted octanol–water partition coefficient (Wildman–Crippen LogP) is 7.58. The van der Waals surface area contributed by atoms with E-state index in [4.69, 9.17) is 0 Å². The van der Waals surface area contributed by atoms with Crippen LogP contribution in [0.5, 0.6) is 5.75 Å². The molecule has 3 rings (SSSR count). The number of hydrogen-bond acceptors (Lipinski definition) is 2. The van der Waals surface area contributed by atoms with E-state index in [1.807, 2.05) is 24.3 Å². The molecule has 192 valence electrons. The van der Waals surface area contributed by atoms with Crippen molar-refractivity contribution in [3.8, 4) is 5.75 Å². The van der Waals surface area contributed by atoms with E-state index in [1.54, 1.807) is 24.1 Å². The highest BCUT2D eigenvalue weighted by atomic mass is 19.1. The number of benzene rings is 3. The number of hydrogen-bond donors (Lipinski definition) is 2. The second-order valence-electron chi connectivity index (χ2n) is 11.6. The molecule has 3 aromatic carbocycles. The number of carbonyl (C=O) groups excluding carboxylic acids is 1. The van der Waals surface area contributed by atoms with Crippen LogP contribution in [0.3, 0.4) is 0 Å². The van der Waals surface area contributed by atoms with Gasteiger partial charge in [-0.1, -0.05) is 84.0 Å². The standard InChI is InChI=1S/C31H39FN2O2/c1-30(2,3)25-18-22(19-26(28(25)35)31(4,5)6)12-15-23-10-8-9-11-27(23)33-29(36)34(7)20-21-13-16-24(32)17-14-21/h8-11,13-14,16-19,35H,12,15,20H2,1-7H3,(H,33,36). The van der Waals surface area contributed by atoms with Crippen molar-refractivity contribution in [1.29, 1.82) is 0 Å². The summed E-state index contributed by atoms with van der Waals surface area (Å²) in [6.45, 7) is 13.1. The van der Waals surface area contributed by atoms with Gasteiger partial charge in [0, 0.05) is 19.3 Å². The summed E-state index contributed by atoms with van der Waals surface area (Å²) in [5.41, 5.74) is 5.39. The number of amides is 2. The van der Waals surface area contributed by atoms with Crippen LogP contribution in [0, 0.1) is 5.82 Å². The number of rotatable bonds is 6. The van der Waals surface area contributed by atoms with E-state index in [0.29, 0.717) is 12.3 Å². The van der Waals surface area contributed by atoms with Gasteiger partial charge in [-0.25, -0.2) is 9.18 Å². The van der Waals surface area contributed by atoms with Gasteiger partial charge in [0.05, 0.1) is 0 Å². The minimum absolute atomic E-state index is 0.179. The Hall–Kier alpha value is -3.34. The van der Waals surface area contributed by atoms with E-state index in [1.165, 1.54) is 12.1 Å². The first-order valence-corrected chi connectivity index (χ1v) is 12.5. The summed E-state index contributed by atoms with van der Waals surface area (Å²) >= 11 is 0. The van der Waals surface area contributed by atoms with Gasteiger partial charge in [-0.05, 0) is 69.7 Å². The Bertz CT molecular complexity index is 1170. The second-order valence-corrected chi connectivity index (χ2v) is 11.6. The third-order valence-corrected chi connectivity index (χ3v) is 6.41. The number of aryl methyl sites for hydroxylation is 2. The predicted molar refractivity (Wildman–Crippen MR) is 146 cm³/mol. The van der Waals surface area contributed by atoms with Crippen molar-refractivity contribution < 1.29 is 14.3 Å². The Morgan fingerprint density at radius 3 is 1.97 bits per heavy atom. The van der Waals surface area contributed by atoms with E-state index < -0.39 is 0 Å². The van der Waals surface area contributed by atoms with Crippen LogP contribution in [0.1, 0.15) is 69.4 Å². The quantitative estimate of drug-likeness (QED) is 0.374. The highest BCUT2D eigenvalue weighted by Crippen LogP contribution is 2.40. The molecule has 0 atom stereocenters. The molecule has 2 N–H and O–H groups in total. The molecule has 0 fully saturated rings. The second kappa shape index (κ2) is 10.7. The highest BCUT2D eigenvalue weighted by molar-refractivity contribution is 5.90. The van der Waals surface area contributed by atoms with Gasteiger partial charge < -0.3 is 15.3 Å². The number of anilines is 1. The zero-order valence-corrected chi connectivity index (χ0v) is 22.6. The largest absolute Gasteiger partial charge is 0.507 e.